The molecule has 0 fully saturated rings. The van der Waals surface area contributed by atoms with Crippen LogP contribution in [0.1, 0.15) is 23.7 Å². The molecule has 0 aliphatic heterocycles. The van der Waals surface area contributed by atoms with Gasteiger partial charge in [-0.3, -0.25) is 4.79 Å². The Bertz CT molecular complexity index is 403. The van der Waals surface area contributed by atoms with Gasteiger partial charge in [-0.15, -0.1) is 0 Å². The van der Waals surface area contributed by atoms with Crippen LogP contribution in [-0.2, 0) is 0 Å². The molecule has 5 nitrogen and oxygen atoms in total. The highest BCUT2D eigenvalue weighted by atomic mass is 16.5. The summed E-state index contributed by atoms with van der Waals surface area (Å²) < 4.78 is 10.3. The molecule has 5 heteroatoms. The van der Waals surface area contributed by atoms with Crippen LogP contribution in [0.25, 0.3) is 0 Å². The van der Waals surface area contributed by atoms with Crippen molar-refractivity contribution in [3.63, 3.8) is 0 Å². The van der Waals surface area contributed by atoms with Crippen LogP contribution in [-0.4, -0.2) is 32.7 Å². The quantitative estimate of drug-likeness (QED) is 0.797. The first-order valence-electron chi connectivity index (χ1n) is 5.89. The largest absolute Gasteiger partial charge is 0.493 e. The number of hydrogen-bond acceptors (Lipinski definition) is 4. The number of benzene rings is 1. The van der Waals surface area contributed by atoms with E-state index >= 15 is 0 Å². The number of carbonyl (C=O) groups is 1. The van der Waals surface area contributed by atoms with Crippen LogP contribution in [0.3, 0.4) is 0 Å². The van der Waals surface area contributed by atoms with Gasteiger partial charge in [-0.1, -0.05) is 6.92 Å². The van der Waals surface area contributed by atoms with Crippen molar-refractivity contribution in [3.8, 4) is 11.5 Å². The molecule has 0 aromatic heterocycles. The molecule has 1 aromatic rings. The average molecular weight is 252 g/mol. The maximum atomic E-state index is 12.0. The van der Waals surface area contributed by atoms with E-state index in [1.165, 1.54) is 7.11 Å². The SMILES string of the molecule is CCC(CN)NC(=O)c1ccc(OC)c(OC)c1. The van der Waals surface area contributed by atoms with E-state index in [1.54, 1.807) is 25.3 Å². The summed E-state index contributed by atoms with van der Waals surface area (Å²) in [6.45, 7) is 2.40. The fourth-order valence-corrected chi connectivity index (χ4v) is 1.57. The smallest absolute Gasteiger partial charge is 0.251 e. The number of amides is 1. The molecule has 100 valence electrons. The van der Waals surface area contributed by atoms with Gasteiger partial charge in [0.05, 0.1) is 14.2 Å². The molecule has 0 heterocycles. The third-order valence-electron chi connectivity index (χ3n) is 2.76. The van der Waals surface area contributed by atoms with Gasteiger partial charge in [-0.25, -0.2) is 0 Å². The van der Waals surface area contributed by atoms with E-state index in [0.717, 1.165) is 6.42 Å². The number of ether oxygens (including phenoxy) is 2. The second kappa shape index (κ2) is 6.86. The van der Waals surface area contributed by atoms with Crippen molar-refractivity contribution in [3.05, 3.63) is 23.8 Å². The summed E-state index contributed by atoms with van der Waals surface area (Å²) in [7, 11) is 3.09. The minimum absolute atomic E-state index is 0.00871. The normalized spacial score (nSPS) is 11.8. The van der Waals surface area contributed by atoms with Crippen LogP contribution in [0.5, 0.6) is 11.5 Å². The standard InChI is InChI=1S/C13H20N2O3/c1-4-10(8-14)15-13(16)9-5-6-11(17-2)12(7-9)18-3/h5-7,10H,4,8,14H2,1-3H3,(H,15,16). The first kappa shape index (κ1) is 14.3. The predicted octanol–water partition coefficient (Wildman–Crippen LogP) is 1.17. The van der Waals surface area contributed by atoms with Crippen molar-refractivity contribution >= 4 is 5.91 Å². The number of hydrogen-bond donors (Lipinski definition) is 2. The molecule has 0 saturated carbocycles. The Balaban J connectivity index is 2.86. The molecule has 1 amide bonds. The van der Waals surface area contributed by atoms with E-state index in [0.29, 0.717) is 23.6 Å². The number of methoxy groups -OCH3 is 2. The molecule has 1 aromatic carbocycles. The highest BCUT2D eigenvalue weighted by Gasteiger charge is 2.13. The predicted molar refractivity (Wildman–Crippen MR) is 70.1 cm³/mol. The molecule has 1 rings (SSSR count). The first-order valence-corrected chi connectivity index (χ1v) is 5.89. The zero-order chi connectivity index (χ0) is 13.5. The second-order valence-electron chi connectivity index (χ2n) is 3.88. The van der Waals surface area contributed by atoms with Crippen LogP contribution in [0.4, 0.5) is 0 Å². The van der Waals surface area contributed by atoms with Crippen LogP contribution >= 0.6 is 0 Å². The number of nitrogens with one attached hydrogen (secondary N) is 1. The molecular formula is C13H20N2O3. The van der Waals surface area contributed by atoms with Gasteiger partial charge in [-0.05, 0) is 24.6 Å². The lowest BCUT2D eigenvalue weighted by molar-refractivity contribution is 0.0937. The van der Waals surface area contributed by atoms with E-state index in [9.17, 15) is 4.79 Å². The third kappa shape index (κ3) is 3.37. The zero-order valence-electron chi connectivity index (χ0n) is 11.0. The Hall–Kier alpha value is -1.75. The van der Waals surface area contributed by atoms with Gasteiger partial charge in [0, 0.05) is 18.2 Å². The molecule has 0 aliphatic carbocycles. The number of carbonyl (C=O) groups excluding carboxylic acids is 1. The molecule has 0 radical (unpaired) electrons. The summed E-state index contributed by atoms with van der Waals surface area (Å²) in [4.78, 5) is 12.0. The molecule has 1 atom stereocenters. The average Bonchev–Trinajstić information content (AvgIpc) is 2.43. The van der Waals surface area contributed by atoms with Crippen molar-refractivity contribution in [2.45, 2.75) is 19.4 Å². The first-order chi connectivity index (χ1) is 8.65. The van der Waals surface area contributed by atoms with Crippen LogP contribution in [0, 0.1) is 0 Å². The maximum Gasteiger partial charge on any atom is 0.251 e. The summed E-state index contributed by atoms with van der Waals surface area (Å²) in [5, 5.41) is 2.86. The minimum atomic E-state index is -0.159. The molecular weight excluding hydrogens is 232 g/mol. The van der Waals surface area contributed by atoms with Crippen molar-refractivity contribution < 1.29 is 14.3 Å². The van der Waals surface area contributed by atoms with Gasteiger partial charge in [-0.2, -0.15) is 0 Å². The lowest BCUT2D eigenvalue weighted by Gasteiger charge is -2.15. The number of nitrogens with two attached hydrogens (primary N) is 1. The van der Waals surface area contributed by atoms with Crippen molar-refractivity contribution in [2.24, 2.45) is 5.73 Å². The minimum Gasteiger partial charge on any atom is -0.493 e. The zero-order valence-corrected chi connectivity index (χ0v) is 11.0. The van der Waals surface area contributed by atoms with Gasteiger partial charge in [0.15, 0.2) is 11.5 Å². The highest BCUT2D eigenvalue weighted by molar-refractivity contribution is 5.95. The molecule has 0 aliphatic rings. The van der Waals surface area contributed by atoms with Crippen LogP contribution in [0.15, 0.2) is 18.2 Å². The van der Waals surface area contributed by atoms with E-state index in [2.05, 4.69) is 5.32 Å². The molecule has 1 unspecified atom stereocenters. The Labute approximate surface area is 107 Å². The van der Waals surface area contributed by atoms with Gasteiger partial charge in [0.25, 0.3) is 5.91 Å². The third-order valence-corrected chi connectivity index (χ3v) is 2.76. The van der Waals surface area contributed by atoms with Crippen molar-refractivity contribution in [1.29, 1.82) is 0 Å². The summed E-state index contributed by atoms with van der Waals surface area (Å²) >= 11 is 0. The van der Waals surface area contributed by atoms with Crippen molar-refractivity contribution in [2.75, 3.05) is 20.8 Å². The maximum absolute atomic E-state index is 12.0. The summed E-state index contributed by atoms with van der Waals surface area (Å²) in [6.07, 6.45) is 0.801. The van der Waals surface area contributed by atoms with E-state index in [1.807, 2.05) is 6.92 Å². The monoisotopic (exact) mass is 252 g/mol. The fraction of sp³-hybridized carbons (Fsp3) is 0.462. The van der Waals surface area contributed by atoms with E-state index < -0.39 is 0 Å². The topological polar surface area (TPSA) is 73.6 Å². The Morgan fingerprint density at radius 2 is 2.00 bits per heavy atom. The van der Waals surface area contributed by atoms with Crippen LogP contribution < -0.4 is 20.5 Å². The second-order valence-corrected chi connectivity index (χ2v) is 3.88. The van der Waals surface area contributed by atoms with Gasteiger partial charge in [0.1, 0.15) is 0 Å². The Morgan fingerprint density at radius 3 is 2.50 bits per heavy atom. The summed E-state index contributed by atoms with van der Waals surface area (Å²) in [6, 6.07) is 5.04. The number of rotatable bonds is 6. The van der Waals surface area contributed by atoms with Gasteiger partial charge in [0.2, 0.25) is 0 Å². The fourth-order valence-electron chi connectivity index (χ4n) is 1.57. The molecule has 3 N–H and O–H groups in total. The van der Waals surface area contributed by atoms with E-state index in [-0.39, 0.29) is 11.9 Å². The Kier molecular flexibility index (Phi) is 5.45. The van der Waals surface area contributed by atoms with Gasteiger partial charge < -0.3 is 20.5 Å². The molecule has 0 spiro atoms. The summed E-state index contributed by atoms with van der Waals surface area (Å²) in [5.74, 6) is 0.971. The highest BCUT2D eigenvalue weighted by Crippen LogP contribution is 2.27. The van der Waals surface area contributed by atoms with Gasteiger partial charge >= 0.3 is 0 Å². The molecule has 0 bridgehead atoms. The summed E-state index contributed by atoms with van der Waals surface area (Å²) in [5.41, 5.74) is 6.08. The molecule has 0 saturated heterocycles. The lowest BCUT2D eigenvalue weighted by atomic mass is 10.1. The van der Waals surface area contributed by atoms with Crippen molar-refractivity contribution in [1.82, 2.24) is 5.32 Å². The van der Waals surface area contributed by atoms with E-state index in [4.69, 9.17) is 15.2 Å². The Morgan fingerprint density at radius 1 is 1.33 bits per heavy atom. The molecule has 18 heavy (non-hydrogen) atoms. The van der Waals surface area contributed by atoms with Crippen LogP contribution in [0.2, 0.25) is 0 Å². The lowest BCUT2D eigenvalue weighted by Crippen LogP contribution is -2.39.